The molecule has 0 heterocycles. The van der Waals surface area contributed by atoms with Crippen molar-refractivity contribution in [2.24, 2.45) is 28.6 Å². The SMILES string of the molecule is CN=C(NN)C1CC2CCC1C2. The first-order valence-corrected chi connectivity index (χ1v) is 4.78. The van der Waals surface area contributed by atoms with Gasteiger partial charge in [0, 0.05) is 13.0 Å². The van der Waals surface area contributed by atoms with Gasteiger partial charge in [-0.1, -0.05) is 6.42 Å². The molecule has 2 saturated carbocycles. The predicted octanol–water partition coefficient (Wildman–Crippen LogP) is 0.914. The molecular weight excluding hydrogens is 150 g/mol. The monoisotopic (exact) mass is 167 g/mol. The van der Waals surface area contributed by atoms with E-state index in [1.165, 1.54) is 25.7 Å². The molecule has 0 spiro atoms. The highest BCUT2D eigenvalue weighted by molar-refractivity contribution is 5.84. The van der Waals surface area contributed by atoms with Crippen LogP contribution in [0, 0.1) is 17.8 Å². The summed E-state index contributed by atoms with van der Waals surface area (Å²) >= 11 is 0. The second kappa shape index (κ2) is 3.05. The van der Waals surface area contributed by atoms with Gasteiger partial charge in [0.15, 0.2) is 0 Å². The Morgan fingerprint density at radius 2 is 2.25 bits per heavy atom. The Hall–Kier alpha value is -0.570. The first-order valence-electron chi connectivity index (χ1n) is 4.78. The second-order valence-corrected chi connectivity index (χ2v) is 4.03. The van der Waals surface area contributed by atoms with Crippen LogP contribution in [0.4, 0.5) is 0 Å². The Labute approximate surface area is 73.4 Å². The molecule has 0 radical (unpaired) electrons. The van der Waals surface area contributed by atoms with Crippen molar-refractivity contribution in [3.8, 4) is 0 Å². The summed E-state index contributed by atoms with van der Waals surface area (Å²) in [6.07, 6.45) is 5.53. The van der Waals surface area contributed by atoms with Gasteiger partial charge in [0.25, 0.3) is 0 Å². The molecule has 3 nitrogen and oxygen atoms in total. The molecule has 2 rings (SSSR count). The Balaban J connectivity index is 2.06. The fourth-order valence-electron chi connectivity index (χ4n) is 2.92. The molecular formula is C9H17N3. The van der Waals surface area contributed by atoms with Gasteiger partial charge in [-0.25, -0.2) is 5.84 Å². The molecule has 2 aliphatic rings. The Kier molecular flexibility index (Phi) is 2.05. The summed E-state index contributed by atoms with van der Waals surface area (Å²) in [5.41, 5.74) is 2.73. The molecule has 0 aromatic rings. The summed E-state index contributed by atoms with van der Waals surface area (Å²) in [5.74, 6) is 8.90. The number of fused-ring (bicyclic) bond motifs is 2. The highest BCUT2D eigenvalue weighted by Gasteiger charge is 2.41. The van der Waals surface area contributed by atoms with Crippen molar-refractivity contribution < 1.29 is 0 Å². The molecule has 0 aliphatic heterocycles. The minimum atomic E-state index is 0.638. The smallest absolute Gasteiger partial charge is 0.113 e. The van der Waals surface area contributed by atoms with Crippen LogP contribution in [0.5, 0.6) is 0 Å². The van der Waals surface area contributed by atoms with Crippen LogP contribution in [0.15, 0.2) is 4.99 Å². The lowest BCUT2D eigenvalue weighted by Crippen LogP contribution is -2.38. The van der Waals surface area contributed by atoms with Gasteiger partial charge in [0.2, 0.25) is 0 Å². The van der Waals surface area contributed by atoms with E-state index in [4.69, 9.17) is 5.84 Å². The summed E-state index contributed by atoms with van der Waals surface area (Å²) < 4.78 is 0. The summed E-state index contributed by atoms with van der Waals surface area (Å²) in [4.78, 5) is 4.19. The highest BCUT2D eigenvalue weighted by atomic mass is 15.3. The molecule has 12 heavy (non-hydrogen) atoms. The van der Waals surface area contributed by atoms with Crippen LogP contribution in [0.3, 0.4) is 0 Å². The zero-order valence-corrected chi connectivity index (χ0v) is 7.59. The standard InChI is InChI=1S/C9H17N3/c1-11-9(12-10)8-5-6-2-3-7(8)4-6/h6-8H,2-5,10H2,1H3,(H,11,12). The van der Waals surface area contributed by atoms with Crippen LogP contribution in [0.1, 0.15) is 25.7 Å². The number of rotatable bonds is 1. The van der Waals surface area contributed by atoms with Crippen LogP contribution in [-0.2, 0) is 0 Å². The van der Waals surface area contributed by atoms with Gasteiger partial charge < -0.3 is 5.43 Å². The van der Waals surface area contributed by atoms with Crippen molar-refractivity contribution in [1.82, 2.24) is 5.43 Å². The molecule has 2 fully saturated rings. The summed E-state index contributed by atoms with van der Waals surface area (Å²) in [5, 5.41) is 0. The third-order valence-corrected chi connectivity index (χ3v) is 3.48. The van der Waals surface area contributed by atoms with Crippen LogP contribution in [0.25, 0.3) is 0 Å². The fraction of sp³-hybridized carbons (Fsp3) is 0.889. The zero-order chi connectivity index (χ0) is 8.55. The van der Waals surface area contributed by atoms with E-state index in [0.717, 1.165) is 17.7 Å². The first-order chi connectivity index (χ1) is 5.85. The number of hydrazine groups is 1. The second-order valence-electron chi connectivity index (χ2n) is 4.03. The number of amidine groups is 1. The first kappa shape index (κ1) is 8.05. The molecule has 0 saturated heterocycles. The number of hydrogen-bond acceptors (Lipinski definition) is 2. The van der Waals surface area contributed by atoms with E-state index in [-0.39, 0.29) is 0 Å². The summed E-state index contributed by atoms with van der Waals surface area (Å²) in [7, 11) is 1.82. The maximum atomic E-state index is 5.41. The maximum absolute atomic E-state index is 5.41. The average molecular weight is 167 g/mol. The highest BCUT2D eigenvalue weighted by Crippen LogP contribution is 2.48. The summed E-state index contributed by atoms with van der Waals surface area (Å²) in [6, 6.07) is 0. The normalized spacial score (nSPS) is 40.5. The minimum Gasteiger partial charge on any atom is -0.312 e. The Morgan fingerprint density at radius 3 is 2.67 bits per heavy atom. The van der Waals surface area contributed by atoms with Gasteiger partial charge in [-0.05, 0) is 31.1 Å². The molecule has 2 bridgehead atoms. The lowest BCUT2D eigenvalue weighted by molar-refractivity contribution is 0.408. The molecule has 2 aliphatic carbocycles. The van der Waals surface area contributed by atoms with E-state index in [0.29, 0.717) is 5.92 Å². The Morgan fingerprint density at radius 1 is 1.42 bits per heavy atom. The lowest BCUT2D eigenvalue weighted by Gasteiger charge is -2.22. The largest absolute Gasteiger partial charge is 0.312 e. The van der Waals surface area contributed by atoms with Gasteiger partial charge in [-0.2, -0.15) is 0 Å². The van der Waals surface area contributed by atoms with E-state index < -0.39 is 0 Å². The number of hydrogen-bond donors (Lipinski definition) is 2. The van der Waals surface area contributed by atoms with Crippen molar-refractivity contribution in [2.75, 3.05) is 7.05 Å². The van der Waals surface area contributed by atoms with Crippen LogP contribution < -0.4 is 11.3 Å². The number of nitrogens with two attached hydrogens (primary N) is 1. The van der Waals surface area contributed by atoms with E-state index in [1.54, 1.807) is 0 Å². The minimum absolute atomic E-state index is 0.638. The molecule has 3 heteroatoms. The van der Waals surface area contributed by atoms with Gasteiger partial charge in [0.05, 0.1) is 0 Å². The van der Waals surface area contributed by atoms with Gasteiger partial charge in [-0.3, -0.25) is 4.99 Å². The number of nitrogens with zero attached hydrogens (tertiary/aromatic N) is 1. The van der Waals surface area contributed by atoms with Crippen molar-refractivity contribution in [1.29, 1.82) is 0 Å². The van der Waals surface area contributed by atoms with E-state index >= 15 is 0 Å². The van der Waals surface area contributed by atoms with Crippen LogP contribution in [-0.4, -0.2) is 12.9 Å². The molecule has 0 aromatic carbocycles. The average Bonchev–Trinajstić information content (AvgIpc) is 2.67. The van der Waals surface area contributed by atoms with Crippen molar-refractivity contribution in [3.63, 3.8) is 0 Å². The van der Waals surface area contributed by atoms with Crippen molar-refractivity contribution in [3.05, 3.63) is 0 Å². The Bertz CT molecular complexity index is 200. The topological polar surface area (TPSA) is 50.4 Å². The third-order valence-electron chi connectivity index (χ3n) is 3.48. The molecule has 3 N–H and O–H groups in total. The van der Waals surface area contributed by atoms with E-state index in [2.05, 4.69) is 10.4 Å². The number of aliphatic imine (C=N–C) groups is 1. The zero-order valence-electron chi connectivity index (χ0n) is 7.59. The van der Waals surface area contributed by atoms with Crippen LogP contribution >= 0.6 is 0 Å². The molecule has 3 unspecified atom stereocenters. The van der Waals surface area contributed by atoms with Crippen LogP contribution in [0.2, 0.25) is 0 Å². The molecule has 3 atom stereocenters. The third kappa shape index (κ3) is 1.12. The predicted molar refractivity (Wildman–Crippen MR) is 49.6 cm³/mol. The maximum Gasteiger partial charge on any atom is 0.113 e. The number of nitrogens with one attached hydrogen (secondary N) is 1. The summed E-state index contributed by atoms with van der Waals surface area (Å²) in [6.45, 7) is 0. The quantitative estimate of drug-likeness (QED) is 0.264. The lowest BCUT2D eigenvalue weighted by atomic mass is 9.88. The molecule has 68 valence electrons. The molecule has 0 amide bonds. The van der Waals surface area contributed by atoms with Crippen molar-refractivity contribution >= 4 is 5.84 Å². The fourth-order valence-corrected chi connectivity index (χ4v) is 2.92. The van der Waals surface area contributed by atoms with Gasteiger partial charge >= 0.3 is 0 Å². The molecule has 0 aromatic heterocycles. The van der Waals surface area contributed by atoms with Gasteiger partial charge in [-0.15, -0.1) is 0 Å². The van der Waals surface area contributed by atoms with Gasteiger partial charge in [0.1, 0.15) is 5.84 Å². The van der Waals surface area contributed by atoms with Crippen molar-refractivity contribution in [2.45, 2.75) is 25.7 Å². The van der Waals surface area contributed by atoms with E-state index in [9.17, 15) is 0 Å². The van der Waals surface area contributed by atoms with E-state index in [1.807, 2.05) is 7.05 Å².